The molecule has 2 aliphatic rings. The summed E-state index contributed by atoms with van der Waals surface area (Å²) < 4.78 is 5.38. The van der Waals surface area contributed by atoms with Crippen molar-refractivity contribution in [2.75, 3.05) is 12.4 Å². The van der Waals surface area contributed by atoms with E-state index >= 15 is 0 Å². The molecule has 0 bridgehead atoms. The lowest BCUT2D eigenvalue weighted by Gasteiger charge is -2.18. The molecule has 0 saturated heterocycles. The molecule has 0 amide bonds. The number of aryl methyl sites for hydroxylation is 1. The van der Waals surface area contributed by atoms with E-state index in [1.807, 2.05) is 6.07 Å². The molecule has 1 aliphatic heterocycles. The number of rotatable bonds is 3. The van der Waals surface area contributed by atoms with Crippen LogP contribution in [0.1, 0.15) is 36.3 Å². The van der Waals surface area contributed by atoms with Gasteiger partial charge in [0.05, 0.1) is 13.2 Å². The van der Waals surface area contributed by atoms with Crippen LogP contribution in [-0.4, -0.2) is 19.0 Å². The van der Waals surface area contributed by atoms with Gasteiger partial charge in [0, 0.05) is 11.6 Å². The molecule has 0 spiro atoms. The zero-order chi connectivity index (χ0) is 15.6. The quantitative estimate of drug-likeness (QED) is 0.912. The molecule has 1 aliphatic carbocycles. The molecule has 2 aromatic carbocycles. The van der Waals surface area contributed by atoms with Gasteiger partial charge >= 0.3 is 0 Å². The van der Waals surface area contributed by atoms with E-state index in [2.05, 4.69) is 47.8 Å². The van der Waals surface area contributed by atoms with E-state index in [0.717, 1.165) is 24.4 Å². The fraction of sp³-hybridized carbons (Fsp3) is 0.350. The van der Waals surface area contributed by atoms with E-state index in [1.54, 1.807) is 7.11 Å². The number of fused-ring (bicyclic) bond motifs is 1. The van der Waals surface area contributed by atoms with Gasteiger partial charge in [0.1, 0.15) is 11.6 Å². The highest BCUT2D eigenvalue weighted by molar-refractivity contribution is 6.01. The Labute approximate surface area is 137 Å². The van der Waals surface area contributed by atoms with Crippen molar-refractivity contribution in [3.63, 3.8) is 0 Å². The lowest BCUT2D eigenvalue weighted by atomic mass is 9.92. The monoisotopic (exact) mass is 306 g/mol. The van der Waals surface area contributed by atoms with Crippen molar-refractivity contribution >= 4 is 11.5 Å². The van der Waals surface area contributed by atoms with Gasteiger partial charge in [0.2, 0.25) is 0 Å². The summed E-state index contributed by atoms with van der Waals surface area (Å²) in [7, 11) is 1.72. The Morgan fingerprint density at radius 2 is 1.87 bits per heavy atom. The minimum absolute atomic E-state index is 0.343. The van der Waals surface area contributed by atoms with Gasteiger partial charge in [-0.3, -0.25) is 4.99 Å². The second-order valence-electron chi connectivity index (χ2n) is 6.40. The maximum atomic E-state index is 5.38. The van der Waals surface area contributed by atoms with Gasteiger partial charge in [-0.1, -0.05) is 30.3 Å². The van der Waals surface area contributed by atoms with Crippen molar-refractivity contribution in [3.8, 4) is 5.75 Å². The Morgan fingerprint density at radius 1 is 1.04 bits per heavy atom. The predicted octanol–water partition coefficient (Wildman–Crippen LogP) is 4.40. The number of nitrogens with one attached hydrogen (secondary N) is 1. The predicted molar refractivity (Wildman–Crippen MR) is 94.6 cm³/mol. The minimum Gasteiger partial charge on any atom is -0.497 e. The molecule has 118 valence electrons. The van der Waals surface area contributed by atoms with Crippen molar-refractivity contribution in [2.24, 2.45) is 4.99 Å². The lowest BCUT2D eigenvalue weighted by molar-refractivity contribution is 0.414. The van der Waals surface area contributed by atoms with Crippen LogP contribution >= 0.6 is 0 Å². The van der Waals surface area contributed by atoms with Crippen LogP contribution in [0.5, 0.6) is 5.75 Å². The first-order valence-corrected chi connectivity index (χ1v) is 8.40. The van der Waals surface area contributed by atoms with E-state index in [1.165, 1.54) is 29.7 Å². The molecule has 4 rings (SSSR count). The summed E-state index contributed by atoms with van der Waals surface area (Å²) in [5.74, 6) is 2.39. The highest BCUT2D eigenvalue weighted by Crippen LogP contribution is 2.34. The molecule has 23 heavy (non-hydrogen) atoms. The van der Waals surface area contributed by atoms with Crippen molar-refractivity contribution in [1.29, 1.82) is 0 Å². The third-order valence-corrected chi connectivity index (χ3v) is 4.68. The van der Waals surface area contributed by atoms with Gasteiger partial charge in [0.25, 0.3) is 0 Å². The summed E-state index contributed by atoms with van der Waals surface area (Å²) >= 11 is 0. The van der Waals surface area contributed by atoms with Crippen molar-refractivity contribution in [3.05, 3.63) is 59.7 Å². The number of benzene rings is 2. The summed E-state index contributed by atoms with van der Waals surface area (Å²) in [5.41, 5.74) is 3.83. The minimum atomic E-state index is 0.343. The molecule has 1 N–H and O–H groups in total. The topological polar surface area (TPSA) is 33.6 Å². The Hall–Kier alpha value is -2.29. The van der Waals surface area contributed by atoms with Crippen molar-refractivity contribution in [2.45, 2.75) is 37.6 Å². The number of hydrogen-bond donors (Lipinski definition) is 1. The number of anilines is 1. The van der Waals surface area contributed by atoms with Crippen LogP contribution in [-0.2, 0) is 6.42 Å². The van der Waals surface area contributed by atoms with Crippen LogP contribution in [0.2, 0.25) is 0 Å². The third kappa shape index (κ3) is 3.09. The van der Waals surface area contributed by atoms with Gasteiger partial charge in [-0.15, -0.1) is 0 Å². The number of methoxy groups -OCH3 is 1. The molecule has 1 fully saturated rings. The molecule has 1 heterocycles. The number of aliphatic imine (C=N–C) groups is 1. The van der Waals surface area contributed by atoms with Gasteiger partial charge in [-0.05, 0) is 55.0 Å². The number of amidine groups is 1. The van der Waals surface area contributed by atoms with Crippen LogP contribution in [0.25, 0.3) is 0 Å². The van der Waals surface area contributed by atoms with Crippen molar-refractivity contribution in [1.82, 2.24) is 0 Å². The molecule has 1 atom stereocenters. The number of hydrogen-bond acceptors (Lipinski definition) is 2. The molecule has 3 heteroatoms. The highest BCUT2D eigenvalue weighted by Gasteiger charge is 2.27. The fourth-order valence-electron chi connectivity index (χ4n) is 3.22. The Bertz CT molecular complexity index is 720. The van der Waals surface area contributed by atoms with Crippen LogP contribution in [0, 0.1) is 0 Å². The zero-order valence-electron chi connectivity index (χ0n) is 13.5. The second-order valence-corrected chi connectivity index (χ2v) is 6.40. The summed E-state index contributed by atoms with van der Waals surface area (Å²) in [6, 6.07) is 17.5. The summed E-state index contributed by atoms with van der Waals surface area (Å²) in [4.78, 5) is 4.98. The van der Waals surface area contributed by atoms with E-state index in [0.29, 0.717) is 12.0 Å². The van der Waals surface area contributed by atoms with Crippen LogP contribution in [0.4, 0.5) is 5.69 Å². The Balaban J connectivity index is 1.71. The highest BCUT2D eigenvalue weighted by atomic mass is 16.5. The Morgan fingerprint density at radius 3 is 2.61 bits per heavy atom. The zero-order valence-corrected chi connectivity index (χ0v) is 13.5. The normalized spacial score (nSPS) is 22.1. The Kier molecular flexibility index (Phi) is 3.78. The van der Waals surface area contributed by atoms with Crippen LogP contribution in [0.3, 0.4) is 0 Å². The fourth-order valence-corrected chi connectivity index (χ4v) is 3.22. The first-order chi connectivity index (χ1) is 11.3. The smallest absolute Gasteiger partial charge is 0.119 e. The maximum absolute atomic E-state index is 5.38. The first-order valence-electron chi connectivity index (χ1n) is 8.40. The van der Waals surface area contributed by atoms with Gasteiger partial charge in [0.15, 0.2) is 0 Å². The summed E-state index contributed by atoms with van der Waals surface area (Å²) in [5, 5.41) is 3.63. The summed E-state index contributed by atoms with van der Waals surface area (Å²) in [6.45, 7) is 0. The maximum Gasteiger partial charge on any atom is 0.119 e. The molecule has 1 unspecified atom stereocenters. The molecule has 1 saturated carbocycles. The van der Waals surface area contributed by atoms with Gasteiger partial charge < -0.3 is 10.1 Å². The largest absolute Gasteiger partial charge is 0.497 e. The molecule has 0 radical (unpaired) electrons. The summed E-state index contributed by atoms with van der Waals surface area (Å²) in [6.07, 6.45) is 4.55. The van der Waals surface area contributed by atoms with E-state index in [9.17, 15) is 0 Å². The average molecular weight is 306 g/mol. The second kappa shape index (κ2) is 6.07. The third-order valence-electron chi connectivity index (χ3n) is 4.68. The standard InChI is InChI=1S/C20H22N2O/c1-23-17-10-12-19-15(13-17)7-11-18(14-5-3-2-4-6-14)20(22-19)21-16-8-9-16/h2-6,10,12-13,16,18H,7-9,11H2,1H3,(H,21,22). The SMILES string of the molecule is COc1ccc2c(c1)CCC(c1ccccc1)C(=NC1CC1)N2. The first kappa shape index (κ1) is 14.3. The molecule has 0 aromatic heterocycles. The average Bonchev–Trinajstić information content (AvgIpc) is 3.42. The molecule has 3 nitrogen and oxygen atoms in total. The van der Waals surface area contributed by atoms with Crippen molar-refractivity contribution < 1.29 is 4.74 Å². The van der Waals surface area contributed by atoms with Crippen LogP contribution in [0.15, 0.2) is 53.5 Å². The number of ether oxygens (including phenoxy) is 1. The van der Waals surface area contributed by atoms with E-state index in [4.69, 9.17) is 9.73 Å². The van der Waals surface area contributed by atoms with Crippen LogP contribution < -0.4 is 10.1 Å². The van der Waals surface area contributed by atoms with Gasteiger partial charge in [-0.2, -0.15) is 0 Å². The molecular formula is C20H22N2O. The number of nitrogens with zero attached hydrogens (tertiary/aromatic N) is 1. The molecule has 2 aromatic rings. The molecular weight excluding hydrogens is 284 g/mol. The van der Waals surface area contributed by atoms with Gasteiger partial charge in [-0.25, -0.2) is 0 Å². The lowest BCUT2D eigenvalue weighted by Crippen LogP contribution is -2.21. The van der Waals surface area contributed by atoms with E-state index in [-0.39, 0.29) is 0 Å². The van der Waals surface area contributed by atoms with E-state index < -0.39 is 0 Å².